The molecule has 1 amide bonds. The summed E-state index contributed by atoms with van der Waals surface area (Å²) in [4.78, 5) is 12.7. The van der Waals surface area contributed by atoms with Crippen molar-refractivity contribution < 1.29 is 14.6 Å². The number of hydrogen-bond acceptors (Lipinski definition) is 5. The summed E-state index contributed by atoms with van der Waals surface area (Å²) in [5, 5.41) is 19.0. The first-order chi connectivity index (χ1) is 10.3. The molecule has 0 spiro atoms. The van der Waals surface area contributed by atoms with Crippen LogP contribution in [0.1, 0.15) is 39.2 Å². The number of hydrogen-bond donors (Lipinski definition) is 3. The minimum atomic E-state index is -0.625. The number of carbonyl (C=O) groups excluding carboxylic acids is 1. The molecule has 0 saturated carbocycles. The van der Waals surface area contributed by atoms with Crippen molar-refractivity contribution in [3.05, 3.63) is 29.8 Å². The van der Waals surface area contributed by atoms with Crippen LogP contribution in [0.2, 0.25) is 0 Å². The number of thioether (sulfide) groups is 1. The minimum absolute atomic E-state index is 0.0195. The molecule has 1 aromatic rings. The minimum Gasteiger partial charge on any atom is -0.444 e. The van der Waals surface area contributed by atoms with Crippen LogP contribution in [0.3, 0.4) is 0 Å². The molecule has 6 heteroatoms. The lowest BCUT2D eigenvalue weighted by molar-refractivity contribution is 0.0563. The van der Waals surface area contributed by atoms with Gasteiger partial charge in [0.15, 0.2) is 0 Å². The van der Waals surface area contributed by atoms with Gasteiger partial charge in [0.05, 0.1) is 0 Å². The molecule has 0 radical (unpaired) electrons. The van der Waals surface area contributed by atoms with E-state index in [-0.39, 0.29) is 12.4 Å². The molecule has 1 aromatic carbocycles. The maximum absolute atomic E-state index is 11.6. The maximum Gasteiger partial charge on any atom is 0.413 e. The van der Waals surface area contributed by atoms with Gasteiger partial charge < -0.3 is 9.84 Å². The molecule has 122 valence electrons. The second-order valence-corrected chi connectivity index (χ2v) is 6.97. The summed E-state index contributed by atoms with van der Waals surface area (Å²) in [5.74, 6) is 0.971. The Balaban J connectivity index is 2.48. The topological polar surface area (TPSA) is 82.4 Å². The summed E-state index contributed by atoms with van der Waals surface area (Å²) >= 11 is 1.71. The third kappa shape index (κ3) is 7.47. The summed E-state index contributed by atoms with van der Waals surface area (Å²) in [6, 6.07) is 7.44. The van der Waals surface area contributed by atoms with Crippen molar-refractivity contribution in [2.75, 3.05) is 12.4 Å². The van der Waals surface area contributed by atoms with Gasteiger partial charge in [-0.15, -0.1) is 11.8 Å². The number of benzene rings is 1. The monoisotopic (exact) mass is 324 g/mol. The van der Waals surface area contributed by atoms with Crippen LogP contribution >= 0.6 is 11.8 Å². The highest BCUT2D eigenvalue weighted by Gasteiger charge is 2.17. The average Bonchev–Trinajstić information content (AvgIpc) is 2.42. The van der Waals surface area contributed by atoms with Gasteiger partial charge in [-0.25, -0.2) is 4.79 Å². The van der Waals surface area contributed by atoms with Crippen molar-refractivity contribution in [1.82, 2.24) is 5.32 Å². The number of amidine groups is 1. The molecule has 5 nitrogen and oxygen atoms in total. The second-order valence-electron chi connectivity index (χ2n) is 5.81. The van der Waals surface area contributed by atoms with Crippen LogP contribution in [-0.2, 0) is 4.74 Å². The van der Waals surface area contributed by atoms with E-state index < -0.39 is 11.7 Å². The summed E-state index contributed by atoms with van der Waals surface area (Å²) in [5.41, 5.74) is 0.0463. The Morgan fingerprint density at radius 2 is 1.91 bits per heavy atom. The lowest BCUT2D eigenvalue weighted by Gasteiger charge is -2.19. The predicted molar refractivity (Wildman–Crippen MR) is 89.7 cm³/mol. The molecule has 0 aliphatic heterocycles. The van der Waals surface area contributed by atoms with E-state index in [1.165, 1.54) is 0 Å². The number of rotatable bonds is 6. The number of unbranched alkanes of at least 4 members (excludes halogenated alkanes) is 1. The normalized spacial score (nSPS) is 11.1. The van der Waals surface area contributed by atoms with E-state index in [0.717, 1.165) is 23.5 Å². The second kappa shape index (κ2) is 8.80. The molecule has 0 heterocycles. The number of alkyl carbamates (subject to hydrolysis) is 1. The van der Waals surface area contributed by atoms with Gasteiger partial charge in [0.2, 0.25) is 0 Å². The summed E-state index contributed by atoms with van der Waals surface area (Å²) in [6.45, 7) is 5.56. The Bertz CT molecular complexity index is 495. The molecule has 0 saturated heterocycles. The Morgan fingerprint density at radius 3 is 2.45 bits per heavy atom. The van der Waals surface area contributed by atoms with E-state index in [2.05, 4.69) is 5.32 Å². The van der Waals surface area contributed by atoms with E-state index in [4.69, 9.17) is 15.3 Å². The summed E-state index contributed by atoms with van der Waals surface area (Å²) in [7, 11) is 0. The van der Waals surface area contributed by atoms with Gasteiger partial charge in [-0.2, -0.15) is 0 Å². The molecule has 0 aliphatic carbocycles. The van der Waals surface area contributed by atoms with Crippen LogP contribution < -0.4 is 5.32 Å². The Kier molecular flexibility index (Phi) is 7.41. The summed E-state index contributed by atoms with van der Waals surface area (Å²) < 4.78 is 5.11. The first-order valence-corrected chi connectivity index (χ1v) is 8.23. The Labute approximate surface area is 136 Å². The van der Waals surface area contributed by atoms with Crippen LogP contribution in [0, 0.1) is 5.41 Å². The number of nitrogens with one attached hydrogen (secondary N) is 2. The van der Waals surface area contributed by atoms with Gasteiger partial charge >= 0.3 is 6.09 Å². The lowest BCUT2D eigenvalue weighted by Crippen LogP contribution is -2.36. The molecule has 1 rings (SSSR count). The zero-order valence-electron chi connectivity index (χ0n) is 13.3. The van der Waals surface area contributed by atoms with Crippen molar-refractivity contribution in [1.29, 1.82) is 5.41 Å². The van der Waals surface area contributed by atoms with Crippen molar-refractivity contribution in [3.8, 4) is 0 Å². The third-order valence-electron chi connectivity index (χ3n) is 2.59. The molecule has 0 fully saturated rings. The quantitative estimate of drug-likeness (QED) is 0.324. The molecular formula is C16H24N2O3S. The molecule has 0 atom stereocenters. The van der Waals surface area contributed by atoms with Gasteiger partial charge in [-0.05, 0) is 51.5 Å². The fourth-order valence-corrected chi connectivity index (χ4v) is 2.51. The highest BCUT2D eigenvalue weighted by atomic mass is 32.2. The van der Waals surface area contributed by atoms with Crippen molar-refractivity contribution in [3.63, 3.8) is 0 Å². The zero-order chi connectivity index (χ0) is 16.6. The van der Waals surface area contributed by atoms with Crippen LogP contribution in [-0.4, -0.2) is 35.0 Å². The Hall–Kier alpha value is -1.53. The zero-order valence-corrected chi connectivity index (χ0v) is 14.1. The fraction of sp³-hybridized carbons (Fsp3) is 0.500. The number of amides is 1. The first kappa shape index (κ1) is 18.5. The SMILES string of the molecule is CC(C)(C)OC(=O)NC(=N)c1ccc(SCCCCO)cc1. The lowest BCUT2D eigenvalue weighted by atomic mass is 10.2. The van der Waals surface area contributed by atoms with E-state index in [0.29, 0.717) is 5.56 Å². The Morgan fingerprint density at radius 1 is 1.27 bits per heavy atom. The van der Waals surface area contributed by atoms with Crippen LogP contribution in [0.15, 0.2) is 29.2 Å². The molecule has 0 aliphatic rings. The number of ether oxygens (including phenoxy) is 1. The van der Waals surface area contributed by atoms with Gasteiger partial charge in [-0.1, -0.05) is 12.1 Å². The number of aliphatic hydroxyl groups is 1. The smallest absolute Gasteiger partial charge is 0.413 e. The molecule has 0 bridgehead atoms. The van der Waals surface area contributed by atoms with Crippen molar-refractivity contribution in [2.24, 2.45) is 0 Å². The number of aliphatic hydroxyl groups excluding tert-OH is 1. The molecule has 3 N–H and O–H groups in total. The van der Waals surface area contributed by atoms with Crippen molar-refractivity contribution >= 4 is 23.7 Å². The predicted octanol–water partition coefficient (Wildman–Crippen LogP) is 3.40. The molecule has 0 aromatic heterocycles. The van der Waals surface area contributed by atoms with Crippen LogP contribution in [0.25, 0.3) is 0 Å². The average molecular weight is 324 g/mol. The van der Waals surface area contributed by atoms with Crippen LogP contribution in [0.4, 0.5) is 4.79 Å². The molecular weight excluding hydrogens is 300 g/mol. The van der Waals surface area contributed by atoms with E-state index >= 15 is 0 Å². The van der Waals surface area contributed by atoms with E-state index in [9.17, 15) is 4.79 Å². The standard InChI is InChI=1S/C16H24N2O3S/c1-16(2,3)21-15(20)18-14(17)12-6-8-13(9-7-12)22-11-5-4-10-19/h6-9,19H,4-5,10-11H2,1-3H3,(H2,17,18,20). The van der Waals surface area contributed by atoms with Gasteiger partial charge in [0, 0.05) is 17.1 Å². The highest BCUT2D eigenvalue weighted by molar-refractivity contribution is 7.99. The summed E-state index contributed by atoms with van der Waals surface area (Å²) in [6.07, 6.45) is 1.16. The maximum atomic E-state index is 11.6. The number of carbonyl (C=O) groups is 1. The third-order valence-corrected chi connectivity index (χ3v) is 3.69. The molecule has 0 unspecified atom stereocenters. The van der Waals surface area contributed by atoms with E-state index in [1.807, 2.05) is 12.1 Å². The first-order valence-electron chi connectivity index (χ1n) is 7.24. The van der Waals surface area contributed by atoms with Crippen LogP contribution in [0.5, 0.6) is 0 Å². The van der Waals surface area contributed by atoms with Crippen molar-refractivity contribution in [2.45, 2.75) is 44.1 Å². The molecule has 22 heavy (non-hydrogen) atoms. The highest BCUT2D eigenvalue weighted by Crippen LogP contribution is 2.19. The van der Waals surface area contributed by atoms with Gasteiger partial charge in [0.1, 0.15) is 11.4 Å². The van der Waals surface area contributed by atoms with E-state index in [1.54, 1.807) is 44.7 Å². The van der Waals surface area contributed by atoms with Gasteiger partial charge in [-0.3, -0.25) is 10.7 Å². The van der Waals surface area contributed by atoms with Gasteiger partial charge in [0.25, 0.3) is 0 Å². The fourth-order valence-electron chi connectivity index (χ4n) is 1.60. The largest absolute Gasteiger partial charge is 0.444 e.